The first-order chi connectivity index (χ1) is 19.6. The van der Waals surface area contributed by atoms with E-state index in [0.717, 1.165) is 47.5 Å². The van der Waals surface area contributed by atoms with Gasteiger partial charge in [0.05, 0.1) is 15.6 Å². The van der Waals surface area contributed by atoms with Crippen molar-refractivity contribution in [3.05, 3.63) is 94.0 Å². The fraction of sp³-hybridized carbons (Fsp3) is 0.355. The molecule has 0 unspecified atom stereocenters. The number of sulfonamides is 1. The van der Waals surface area contributed by atoms with Gasteiger partial charge >= 0.3 is 0 Å². The van der Waals surface area contributed by atoms with Crippen LogP contribution >= 0.6 is 23.2 Å². The van der Waals surface area contributed by atoms with E-state index in [0.29, 0.717) is 5.02 Å². The number of amides is 2. The van der Waals surface area contributed by atoms with E-state index >= 15 is 0 Å². The lowest BCUT2D eigenvalue weighted by molar-refractivity contribution is -0.139. The Morgan fingerprint density at radius 3 is 2.20 bits per heavy atom. The standard InChI is InChI=1S/C31H35Cl2N3O4S/c1-22-12-18-27(19-13-22)41(39,40)36(29-11-7-6-10-28(29)33)21-30(37)35(20-24-14-16-25(32)17-15-24)23(2)31(38)34-26-8-4-3-5-9-26/h6-7,10-19,23,26H,3-5,8-9,20-21H2,1-2H3,(H,34,38)/t23-/m1/s1. The van der Waals surface area contributed by atoms with Crippen molar-refractivity contribution in [1.82, 2.24) is 10.2 Å². The first-order valence-corrected chi connectivity index (χ1v) is 15.9. The minimum absolute atomic E-state index is 0.0307. The van der Waals surface area contributed by atoms with E-state index < -0.39 is 28.5 Å². The van der Waals surface area contributed by atoms with Crippen LogP contribution in [0.4, 0.5) is 5.69 Å². The van der Waals surface area contributed by atoms with Gasteiger partial charge in [0.2, 0.25) is 11.8 Å². The average Bonchev–Trinajstić information content (AvgIpc) is 2.96. The molecule has 7 nitrogen and oxygen atoms in total. The molecule has 3 aromatic carbocycles. The number of nitrogens with one attached hydrogen (secondary N) is 1. The molecule has 218 valence electrons. The Morgan fingerprint density at radius 1 is 0.927 bits per heavy atom. The summed E-state index contributed by atoms with van der Waals surface area (Å²) >= 11 is 12.5. The lowest BCUT2D eigenvalue weighted by atomic mass is 9.95. The molecule has 0 spiro atoms. The van der Waals surface area contributed by atoms with Gasteiger partial charge in [-0.25, -0.2) is 8.42 Å². The van der Waals surface area contributed by atoms with Gasteiger partial charge in [-0.1, -0.05) is 84.4 Å². The lowest BCUT2D eigenvalue weighted by Crippen LogP contribution is -2.53. The highest BCUT2D eigenvalue weighted by Crippen LogP contribution is 2.31. The zero-order valence-electron chi connectivity index (χ0n) is 23.2. The summed E-state index contributed by atoms with van der Waals surface area (Å²) in [6, 6.07) is 19.1. The summed E-state index contributed by atoms with van der Waals surface area (Å²) in [4.78, 5) is 28.9. The van der Waals surface area contributed by atoms with Gasteiger partial charge in [0, 0.05) is 17.6 Å². The van der Waals surface area contributed by atoms with Crippen LogP contribution in [-0.2, 0) is 26.2 Å². The molecule has 0 aliphatic heterocycles. The molecule has 0 heterocycles. The number of benzene rings is 3. The largest absolute Gasteiger partial charge is 0.352 e. The van der Waals surface area contributed by atoms with Crippen molar-refractivity contribution in [3.63, 3.8) is 0 Å². The maximum absolute atomic E-state index is 14.1. The summed E-state index contributed by atoms with van der Waals surface area (Å²) in [6.45, 7) is 3.07. The topological polar surface area (TPSA) is 86.8 Å². The SMILES string of the molecule is Cc1ccc(S(=O)(=O)N(CC(=O)N(Cc2ccc(Cl)cc2)[C@H](C)C(=O)NC2CCCCC2)c2ccccc2Cl)cc1. The summed E-state index contributed by atoms with van der Waals surface area (Å²) in [7, 11) is -4.19. The first kappa shape index (κ1) is 30.9. The maximum atomic E-state index is 14.1. The van der Waals surface area contributed by atoms with Gasteiger partial charge in [0.15, 0.2) is 0 Å². The molecule has 0 radical (unpaired) electrons. The third-order valence-electron chi connectivity index (χ3n) is 7.39. The Kier molecular flexibility index (Phi) is 10.3. The Morgan fingerprint density at radius 2 is 1.56 bits per heavy atom. The molecule has 4 rings (SSSR count). The van der Waals surface area contributed by atoms with E-state index in [9.17, 15) is 18.0 Å². The molecule has 0 saturated heterocycles. The van der Waals surface area contributed by atoms with Crippen molar-refractivity contribution >= 4 is 50.7 Å². The van der Waals surface area contributed by atoms with Gasteiger partial charge < -0.3 is 10.2 Å². The maximum Gasteiger partial charge on any atom is 0.264 e. The van der Waals surface area contributed by atoms with Crippen LogP contribution in [0.25, 0.3) is 0 Å². The number of aryl methyl sites for hydroxylation is 1. The minimum atomic E-state index is -4.19. The lowest BCUT2D eigenvalue weighted by Gasteiger charge is -2.33. The van der Waals surface area contributed by atoms with Crippen LogP contribution in [0, 0.1) is 6.92 Å². The van der Waals surface area contributed by atoms with Crippen molar-refractivity contribution < 1.29 is 18.0 Å². The summed E-state index contributed by atoms with van der Waals surface area (Å²) in [5.41, 5.74) is 1.83. The van der Waals surface area contributed by atoms with Crippen molar-refractivity contribution in [2.45, 2.75) is 69.5 Å². The highest BCUT2D eigenvalue weighted by molar-refractivity contribution is 7.92. The predicted octanol–water partition coefficient (Wildman–Crippen LogP) is 6.36. The van der Waals surface area contributed by atoms with Gasteiger partial charge in [0.25, 0.3) is 10.0 Å². The molecule has 1 aliphatic rings. The smallest absolute Gasteiger partial charge is 0.264 e. The highest BCUT2D eigenvalue weighted by atomic mass is 35.5. The first-order valence-electron chi connectivity index (χ1n) is 13.7. The molecule has 1 fully saturated rings. The molecule has 3 aromatic rings. The fourth-order valence-corrected chi connectivity index (χ4v) is 6.79. The Balaban J connectivity index is 1.68. The van der Waals surface area contributed by atoms with Crippen molar-refractivity contribution in [1.29, 1.82) is 0 Å². The second kappa shape index (κ2) is 13.7. The van der Waals surface area contributed by atoms with E-state index in [1.165, 1.54) is 17.0 Å². The average molecular weight is 617 g/mol. The normalized spacial score (nSPS) is 14.7. The second-order valence-electron chi connectivity index (χ2n) is 10.4. The summed E-state index contributed by atoms with van der Waals surface area (Å²) in [5.74, 6) is -0.813. The van der Waals surface area contributed by atoms with Crippen LogP contribution in [0.15, 0.2) is 77.7 Å². The number of anilines is 1. The summed E-state index contributed by atoms with van der Waals surface area (Å²) < 4.78 is 28.9. The Bertz CT molecular complexity index is 1460. The van der Waals surface area contributed by atoms with Crippen LogP contribution < -0.4 is 9.62 Å². The third kappa shape index (κ3) is 7.82. The van der Waals surface area contributed by atoms with Crippen LogP contribution in [0.3, 0.4) is 0 Å². The number of nitrogens with zero attached hydrogens (tertiary/aromatic N) is 2. The van der Waals surface area contributed by atoms with Crippen molar-refractivity contribution in [3.8, 4) is 0 Å². The molecule has 1 saturated carbocycles. The van der Waals surface area contributed by atoms with Gasteiger partial charge in [-0.3, -0.25) is 13.9 Å². The Labute approximate surface area is 252 Å². The van der Waals surface area contributed by atoms with Crippen LogP contribution in [-0.4, -0.2) is 43.8 Å². The number of rotatable bonds is 10. The molecule has 1 N–H and O–H groups in total. The fourth-order valence-electron chi connectivity index (χ4n) is 4.94. The number of hydrogen-bond acceptors (Lipinski definition) is 4. The molecular weight excluding hydrogens is 581 g/mol. The van der Waals surface area contributed by atoms with Crippen LogP contribution in [0.5, 0.6) is 0 Å². The second-order valence-corrected chi connectivity index (χ2v) is 13.1. The quantitative estimate of drug-likeness (QED) is 0.287. The molecule has 1 atom stereocenters. The Hall–Kier alpha value is -3.07. The molecule has 0 bridgehead atoms. The molecule has 10 heteroatoms. The zero-order chi connectivity index (χ0) is 29.6. The number of carbonyl (C=O) groups is 2. The van der Waals surface area contributed by atoms with Gasteiger partial charge in [-0.05, 0) is 68.7 Å². The predicted molar refractivity (Wildman–Crippen MR) is 164 cm³/mol. The third-order valence-corrected chi connectivity index (χ3v) is 9.74. The van der Waals surface area contributed by atoms with Crippen LogP contribution in [0.2, 0.25) is 10.0 Å². The number of hydrogen-bond donors (Lipinski definition) is 1. The minimum Gasteiger partial charge on any atom is -0.352 e. The van der Waals surface area contributed by atoms with E-state index in [1.54, 1.807) is 67.6 Å². The molecule has 41 heavy (non-hydrogen) atoms. The summed E-state index contributed by atoms with van der Waals surface area (Å²) in [5, 5.41) is 3.83. The molecule has 0 aromatic heterocycles. The number of para-hydroxylation sites is 1. The van der Waals surface area contributed by atoms with Crippen molar-refractivity contribution in [2.24, 2.45) is 0 Å². The number of carbonyl (C=O) groups excluding carboxylic acids is 2. The molecular formula is C31H35Cl2N3O4S. The van der Waals surface area contributed by atoms with E-state index in [4.69, 9.17) is 23.2 Å². The van der Waals surface area contributed by atoms with Gasteiger partial charge in [0.1, 0.15) is 12.6 Å². The van der Waals surface area contributed by atoms with Crippen LogP contribution in [0.1, 0.15) is 50.2 Å². The highest BCUT2D eigenvalue weighted by Gasteiger charge is 2.34. The molecule has 1 aliphatic carbocycles. The van der Waals surface area contributed by atoms with E-state index in [2.05, 4.69) is 5.32 Å². The zero-order valence-corrected chi connectivity index (χ0v) is 25.6. The van der Waals surface area contributed by atoms with Crippen molar-refractivity contribution in [2.75, 3.05) is 10.8 Å². The number of halogens is 2. The summed E-state index contributed by atoms with van der Waals surface area (Å²) in [6.07, 6.45) is 5.06. The van der Waals surface area contributed by atoms with E-state index in [-0.39, 0.29) is 34.1 Å². The van der Waals surface area contributed by atoms with E-state index in [1.807, 2.05) is 6.92 Å². The molecule has 2 amide bonds. The van der Waals surface area contributed by atoms with Gasteiger partial charge in [-0.2, -0.15) is 0 Å². The van der Waals surface area contributed by atoms with Gasteiger partial charge in [-0.15, -0.1) is 0 Å². The monoisotopic (exact) mass is 615 g/mol.